The third-order valence-electron chi connectivity index (χ3n) is 4.83. The van der Waals surface area contributed by atoms with Crippen LogP contribution in [0.5, 0.6) is 0 Å². The highest BCUT2D eigenvalue weighted by Gasteiger charge is 2.22. The van der Waals surface area contributed by atoms with Crippen molar-refractivity contribution in [1.29, 1.82) is 0 Å². The molecule has 134 valence electrons. The Balaban J connectivity index is 1.53. The summed E-state index contributed by atoms with van der Waals surface area (Å²) in [7, 11) is 0. The van der Waals surface area contributed by atoms with Crippen LogP contribution in [0.4, 0.5) is 0 Å². The number of nitrogens with one attached hydrogen (secondary N) is 1. The molecule has 1 aliphatic rings. The standard InChI is InChI=1S/C20H31NO3/c1-16(19(22)17-10-4-2-5-11-17)21-14-8-9-15-24-20(23)18-12-6-3-7-13-18/h2,4-5,10-11,16,18-19,21-22H,3,6-9,12-15H2,1H3. The lowest BCUT2D eigenvalue weighted by Crippen LogP contribution is -2.33. The van der Waals surface area contributed by atoms with Crippen molar-refractivity contribution in [3.8, 4) is 0 Å². The van der Waals surface area contributed by atoms with Gasteiger partial charge in [-0.2, -0.15) is 0 Å². The van der Waals surface area contributed by atoms with Gasteiger partial charge in [0.05, 0.1) is 18.6 Å². The predicted molar refractivity (Wildman–Crippen MR) is 95.6 cm³/mol. The van der Waals surface area contributed by atoms with Crippen molar-refractivity contribution in [3.05, 3.63) is 35.9 Å². The van der Waals surface area contributed by atoms with Crippen LogP contribution in [0.3, 0.4) is 0 Å². The van der Waals surface area contributed by atoms with E-state index in [0.29, 0.717) is 6.61 Å². The number of aliphatic hydroxyl groups is 1. The number of benzene rings is 1. The largest absolute Gasteiger partial charge is 0.465 e. The van der Waals surface area contributed by atoms with Crippen LogP contribution in [0.15, 0.2) is 30.3 Å². The topological polar surface area (TPSA) is 58.6 Å². The molecule has 1 aromatic rings. The van der Waals surface area contributed by atoms with E-state index in [-0.39, 0.29) is 17.9 Å². The third kappa shape index (κ3) is 6.25. The first kappa shape index (κ1) is 18.9. The van der Waals surface area contributed by atoms with Crippen LogP contribution >= 0.6 is 0 Å². The van der Waals surface area contributed by atoms with Crippen molar-refractivity contribution >= 4 is 5.97 Å². The van der Waals surface area contributed by atoms with Gasteiger partial charge in [0, 0.05) is 6.04 Å². The molecule has 1 aromatic carbocycles. The fourth-order valence-electron chi connectivity index (χ4n) is 3.24. The summed E-state index contributed by atoms with van der Waals surface area (Å²) in [5.74, 6) is 0.133. The molecule has 1 saturated carbocycles. The summed E-state index contributed by atoms with van der Waals surface area (Å²) in [6, 6.07) is 9.69. The van der Waals surface area contributed by atoms with Crippen molar-refractivity contribution < 1.29 is 14.6 Å². The zero-order valence-electron chi connectivity index (χ0n) is 14.7. The van der Waals surface area contributed by atoms with Crippen LogP contribution in [0.25, 0.3) is 0 Å². The smallest absolute Gasteiger partial charge is 0.308 e. The van der Waals surface area contributed by atoms with E-state index in [1.165, 1.54) is 6.42 Å². The molecule has 0 amide bonds. The van der Waals surface area contributed by atoms with Gasteiger partial charge in [0.1, 0.15) is 0 Å². The number of hydrogen-bond acceptors (Lipinski definition) is 4. The number of ether oxygens (including phenoxy) is 1. The van der Waals surface area contributed by atoms with Gasteiger partial charge in [-0.05, 0) is 44.7 Å². The van der Waals surface area contributed by atoms with Gasteiger partial charge in [0.15, 0.2) is 0 Å². The summed E-state index contributed by atoms with van der Waals surface area (Å²) in [5, 5.41) is 13.6. The predicted octanol–water partition coefficient (Wildman–Crippen LogP) is 3.60. The fraction of sp³-hybridized carbons (Fsp3) is 0.650. The normalized spacial score (nSPS) is 18.1. The monoisotopic (exact) mass is 333 g/mol. The van der Waals surface area contributed by atoms with Crippen LogP contribution in [0.1, 0.15) is 63.5 Å². The van der Waals surface area contributed by atoms with Crippen LogP contribution < -0.4 is 5.32 Å². The Labute approximate surface area is 145 Å². The minimum Gasteiger partial charge on any atom is -0.465 e. The second kappa shape index (κ2) is 10.5. The maximum absolute atomic E-state index is 11.9. The van der Waals surface area contributed by atoms with Crippen molar-refractivity contribution in [2.24, 2.45) is 5.92 Å². The second-order valence-electron chi connectivity index (χ2n) is 6.81. The number of rotatable bonds is 9. The Morgan fingerprint density at radius 2 is 1.92 bits per heavy atom. The summed E-state index contributed by atoms with van der Waals surface area (Å²) in [6.07, 6.45) is 6.85. The molecule has 0 aliphatic heterocycles. The lowest BCUT2D eigenvalue weighted by Gasteiger charge is -2.21. The maximum Gasteiger partial charge on any atom is 0.308 e. The van der Waals surface area contributed by atoms with Gasteiger partial charge >= 0.3 is 5.97 Å². The van der Waals surface area contributed by atoms with E-state index in [1.54, 1.807) is 0 Å². The fourth-order valence-corrected chi connectivity index (χ4v) is 3.24. The van der Waals surface area contributed by atoms with Gasteiger partial charge in [0.2, 0.25) is 0 Å². The minimum atomic E-state index is -0.504. The maximum atomic E-state index is 11.9. The molecule has 4 nitrogen and oxygen atoms in total. The Hall–Kier alpha value is -1.39. The Morgan fingerprint density at radius 3 is 2.62 bits per heavy atom. The van der Waals surface area contributed by atoms with Gasteiger partial charge in [-0.3, -0.25) is 4.79 Å². The van der Waals surface area contributed by atoms with Gasteiger partial charge in [0.25, 0.3) is 0 Å². The molecular formula is C20H31NO3. The Kier molecular flexibility index (Phi) is 8.26. The number of carbonyl (C=O) groups is 1. The molecule has 0 saturated heterocycles. The SMILES string of the molecule is CC(NCCCCOC(=O)C1CCCCC1)C(O)c1ccccc1. The van der Waals surface area contributed by atoms with E-state index in [2.05, 4.69) is 5.32 Å². The van der Waals surface area contributed by atoms with Crippen molar-refractivity contribution in [2.75, 3.05) is 13.2 Å². The lowest BCUT2D eigenvalue weighted by molar-refractivity contribution is -0.149. The van der Waals surface area contributed by atoms with Gasteiger partial charge in [-0.1, -0.05) is 49.6 Å². The summed E-state index contributed by atoms with van der Waals surface area (Å²) in [6.45, 7) is 3.31. The first-order valence-corrected chi connectivity index (χ1v) is 9.31. The second-order valence-corrected chi connectivity index (χ2v) is 6.81. The third-order valence-corrected chi connectivity index (χ3v) is 4.83. The van der Waals surface area contributed by atoms with Gasteiger partial charge < -0.3 is 15.2 Å². The first-order chi connectivity index (χ1) is 11.7. The molecule has 2 N–H and O–H groups in total. The number of unbranched alkanes of at least 4 members (excludes halogenated alkanes) is 1. The van der Waals surface area contributed by atoms with Crippen LogP contribution in [0, 0.1) is 5.92 Å². The van der Waals surface area contributed by atoms with E-state index in [4.69, 9.17) is 4.74 Å². The quantitative estimate of drug-likeness (QED) is 0.535. The van der Waals surface area contributed by atoms with Crippen molar-refractivity contribution in [3.63, 3.8) is 0 Å². The van der Waals surface area contributed by atoms with E-state index in [9.17, 15) is 9.90 Å². The molecular weight excluding hydrogens is 302 g/mol. The molecule has 2 unspecified atom stereocenters. The molecule has 0 heterocycles. The van der Waals surface area contributed by atoms with Crippen LogP contribution in [-0.4, -0.2) is 30.3 Å². The molecule has 0 aromatic heterocycles. The number of aliphatic hydroxyl groups excluding tert-OH is 1. The summed E-state index contributed by atoms with van der Waals surface area (Å²) >= 11 is 0. The highest BCUT2D eigenvalue weighted by Crippen LogP contribution is 2.24. The average molecular weight is 333 g/mol. The molecule has 2 rings (SSSR count). The molecule has 0 bridgehead atoms. The molecule has 0 radical (unpaired) electrons. The number of carbonyl (C=O) groups excluding carboxylic acids is 1. The molecule has 24 heavy (non-hydrogen) atoms. The number of hydrogen-bond donors (Lipinski definition) is 2. The Bertz CT molecular complexity index is 471. The summed E-state index contributed by atoms with van der Waals surface area (Å²) in [5.41, 5.74) is 0.930. The van der Waals surface area contributed by atoms with E-state index in [0.717, 1.165) is 50.6 Å². The molecule has 1 aliphatic carbocycles. The van der Waals surface area contributed by atoms with E-state index >= 15 is 0 Å². The number of esters is 1. The zero-order valence-corrected chi connectivity index (χ0v) is 14.7. The average Bonchev–Trinajstić information content (AvgIpc) is 2.65. The highest BCUT2D eigenvalue weighted by molar-refractivity contribution is 5.72. The van der Waals surface area contributed by atoms with Crippen molar-refractivity contribution in [2.45, 2.75) is 64.0 Å². The molecule has 1 fully saturated rings. The molecule has 4 heteroatoms. The summed E-state index contributed by atoms with van der Waals surface area (Å²) < 4.78 is 5.39. The van der Waals surface area contributed by atoms with Crippen LogP contribution in [0.2, 0.25) is 0 Å². The van der Waals surface area contributed by atoms with Gasteiger partial charge in [-0.15, -0.1) is 0 Å². The highest BCUT2D eigenvalue weighted by atomic mass is 16.5. The van der Waals surface area contributed by atoms with Crippen LogP contribution in [-0.2, 0) is 9.53 Å². The lowest BCUT2D eigenvalue weighted by atomic mass is 9.89. The van der Waals surface area contributed by atoms with E-state index < -0.39 is 6.10 Å². The van der Waals surface area contributed by atoms with E-state index in [1.807, 2.05) is 37.3 Å². The Morgan fingerprint density at radius 1 is 1.21 bits per heavy atom. The minimum absolute atomic E-state index is 0.00260. The zero-order chi connectivity index (χ0) is 17.2. The van der Waals surface area contributed by atoms with Gasteiger partial charge in [-0.25, -0.2) is 0 Å². The molecule has 0 spiro atoms. The molecule has 2 atom stereocenters. The first-order valence-electron chi connectivity index (χ1n) is 9.31. The van der Waals surface area contributed by atoms with Crippen molar-refractivity contribution in [1.82, 2.24) is 5.32 Å². The summed E-state index contributed by atoms with van der Waals surface area (Å²) in [4.78, 5) is 11.9.